The molecule has 90 valence electrons. The van der Waals surface area contributed by atoms with E-state index in [0.29, 0.717) is 11.6 Å². The Hall–Kier alpha value is -1.63. The van der Waals surface area contributed by atoms with Crippen LogP contribution in [0.25, 0.3) is 0 Å². The minimum atomic E-state index is 0.580. The Morgan fingerprint density at radius 2 is 1.88 bits per heavy atom. The fourth-order valence-corrected chi connectivity index (χ4v) is 2.32. The van der Waals surface area contributed by atoms with Crippen molar-refractivity contribution in [1.82, 2.24) is 9.97 Å². The van der Waals surface area contributed by atoms with Crippen LogP contribution in [0, 0.1) is 11.3 Å². The lowest BCUT2D eigenvalue weighted by Crippen LogP contribution is -2.26. The zero-order valence-corrected chi connectivity index (χ0v) is 10.5. The van der Waals surface area contributed by atoms with Gasteiger partial charge in [0.1, 0.15) is 11.8 Å². The molecule has 1 heterocycles. The van der Waals surface area contributed by atoms with E-state index in [-0.39, 0.29) is 0 Å². The molecule has 4 nitrogen and oxygen atoms in total. The fourth-order valence-electron chi connectivity index (χ4n) is 2.32. The van der Waals surface area contributed by atoms with Crippen molar-refractivity contribution in [2.24, 2.45) is 0 Å². The average Bonchev–Trinajstić information content (AvgIpc) is 2.39. The maximum absolute atomic E-state index is 9.19. The summed E-state index contributed by atoms with van der Waals surface area (Å²) in [7, 11) is 0. The molecule has 1 aliphatic rings. The lowest BCUT2D eigenvalue weighted by Gasteiger charge is -2.22. The van der Waals surface area contributed by atoms with Crippen LogP contribution in [-0.4, -0.2) is 23.1 Å². The second-order valence-corrected chi connectivity index (χ2v) is 4.29. The summed E-state index contributed by atoms with van der Waals surface area (Å²) in [4.78, 5) is 11.1. The highest BCUT2D eigenvalue weighted by molar-refractivity contribution is 5.43. The van der Waals surface area contributed by atoms with Gasteiger partial charge >= 0.3 is 0 Å². The lowest BCUT2D eigenvalue weighted by molar-refractivity contribution is 0.655. The highest BCUT2D eigenvalue weighted by Crippen LogP contribution is 2.24. The fraction of sp³-hybridized carbons (Fsp3) is 0.615. The number of aryl methyl sites for hydroxylation is 1. The highest BCUT2D eigenvalue weighted by Gasteiger charge is 2.19. The molecule has 1 aromatic rings. The van der Waals surface area contributed by atoms with E-state index in [0.717, 1.165) is 43.6 Å². The summed E-state index contributed by atoms with van der Waals surface area (Å²) in [5.74, 6) is 0.715. The van der Waals surface area contributed by atoms with Gasteiger partial charge in [-0.3, -0.25) is 0 Å². The van der Waals surface area contributed by atoms with Gasteiger partial charge in [0.05, 0.1) is 5.69 Å². The molecule has 0 N–H and O–H groups in total. The number of fused-ring (bicyclic) bond motifs is 1. The third-order valence-corrected chi connectivity index (χ3v) is 3.32. The number of hydrogen-bond donors (Lipinski definition) is 0. The van der Waals surface area contributed by atoms with Crippen molar-refractivity contribution in [3.05, 3.63) is 17.0 Å². The minimum Gasteiger partial charge on any atom is -0.341 e. The Balaban J connectivity index is 2.46. The van der Waals surface area contributed by atoms with Crippen LogP contribution in [0.2, 0.25) is 0 Å². The molecule has 0 saturated heterocycles. The van der Waals surface area contributed by atoms with Crippen LogP contribution in [0.3, 0.4) is 0 Å². The minimum absolute atomic E-state index is 0.580. The van der Waals surface area contributed by atoms with Crippen LogP contribution in [0.4, 0.5) is 5.95 Å². The molecule has 0 fully saturated rings. The number of aromatic nitrogens is 2. The van der Waals surface area contributed by atoms with E-state index in [1.165, 1.54) is 6.42 Å². The normalized spacial score (nSPS) is 13.9. The molecule has 0 atom stereocenters. The van der Waals surface area contributed by atoms with E-state index < -0.39 is 0 Å². The molecule has 0 aromatic carbocycles. The van der Waals surface area contributed by atoms with Gasteiger partial charge in [-0.25, -0.2) is 9.97 Å². The van der Waals surface area contributed by atoms with E-state index in [1.807, 2.05) is 0 Å². The average molecular weight is 230 g/mol. The first kappa shape index (κ1) is 11.8. The molecule has 0 unspecified atom stereocenters. The molecule has 0 aliphatic heterocycles. The first-order chi connectivity index (χ1) is 8.30. The predicted octanol–water partition coefficient (Wildman–Crippen LogP) is 2.07. The van der Waals surface area contributed by atoms with Gasteiger partial charge in [0, 0.05) is 18.7 Å². The van der Waals surface area contributed by atoms with Crippen molar-refractivity contribution in [3.63, 3.8) is 0 Å². The van der Waals surface area contributed by atoms with E-state index in [4.69, 9.17) is 0 Å². The van der Waals surface area contributed by atoms with Crippen molar-refractivity contribution in [1.29, 1.82) is 5.26 Å². The summed E-state index contributed by atoms with van der Waals surface area (Å²) >= 11 is 0. The molecule has 4 heteroatoms. The van der Waals surface area contributed by atoms with Gasteiger partial charge in [-0.15, -0.1) is 0 Å². The Morgan fingerprint density at radius 3 is 2.53 bits per heavy atom. The molecule has 0 spiro atoms. The lowest BCUT2D eigenvalue weighted by atomic mass is 9.95. The summed E-state index contributed by atoms with van der Waals surface area (Å²) in [6, 6.07) is 2.22. The number of nitrogens with zero attached hydrogens (tertiary/aromatic N) is 4. The van der Waals surface area contributed by atoms with Gasteiger partial charge in [0.2, 0.25) is 5.95 Å². The first-order valence-corrected chi connectivity index (χ1v) is 6.35. The standard InChI is InChI=1S/C13H18N4/c1-3-17(4-2)13-15-11-8-6-5-7-10(11)12(9-14)16-13/h3-8H2,1-2H3. The number of rotatable bonds is 3. The SMILES string of the molecule is CCN(CC)c1nc(C#N)c2c(n1)CCCC2. The van der Waals surface area contributed by atoms with E-state index in [2.05, 4.69) is 34.8 Å². The highest BCUT2D eigenvalue weighted by atomic mass is 15.2. The van der Waals surface area contributed by atoms with Crippen LogP contribution >= 0.6 is 0 Å². The van der Waals surface area contributed by atoms with Crippen molar-refractivity contribution >= 4 is 5.95 Å². The predicted molar refractivity (Wildman–Crippen MR) is 67.0 cm³/mol. The molecule has 0 saturated carbocycles. The Kier molecular flexibility index (Phi) is 3.58. The Morgan fingerprint density at radius 1 is 1.18 bits per heavy atom. The Bertz CT molecular complexity index is 443. The maximum atomic E-state index is 9.19. The van der Waals surface area contributed by atoms with E-state index >= 15 is 0 Å². The molecule has 0 radical (unpaired) electrons. The number of nitriles is 1. The van der Waals surface area contributed by atoms with Gasteiger partial charge in [-0.05, 0) is 39.5 Å². The van der Waals surface area contributed by atoms with Crippen LogP contribution < -0.4 is 4.90 Å². The zero-order valence-electron chi connectivity index (χ0n) is 10.5. The molecule has 1 aliphatic carbocycles. The quantitative estimate of drug-likeness (QED) is 0.797. The number of anilines is 1. The first-order valence-electron chi connectivity index (χ1n) is 6.35. The maximum Gasteiger partial charge on any atom is 0.226 e. The monoisotopic (exact) mass is 230 g/mol. The van der Waals surface area contributed by atoms with Crippen molar-refractivity contribution in [2.45, 2.75) is 39.5 Å². The van der Waals surface area contributed by atoms with E-state index in [9.17, 15) is 5.26 Å². The van der Waals surface area contributed by atoms with Gasteiger partial charge in [-0.2, -0.15) is 5.26 Å². The summed E-state index contributed by atoms with van der Waals surface area (Å²) < 4.78 is 0. The van der Waals surface area contributed by atoms with Crippen LogP contribution in [0.15, 0.2) is 0 Å². The molecule has 0 amide bonds. The second kappa shape index (κ2) is 5.13. The second-order valence-electron chi connectivity index (χ2n) is 4.29. The summed E-state index contributed by atoms with van der Waals surface area (Å²) in [5, 5.41) is 9.19. The molecular formula is C13H18N4. The molecular weight excluding hydrogens is 212 g/mol. The smallest absolute Gasteiger partial charge is 0.226 e. The van der Waals surface area contributed by atoms with Gasteiger partial charge in [-0.1, -0.05) is 0 Å². The Labute approximate surface area is 102 Å². The van der Waals surface area contributed by atoms with Crippen molar-refractivity contribution < 1.29 is 0 Å². The van der Waals surface area contributed by atoms with Gasteiger partial charge in [0.25, 0.3) is 0 Å². The van der Waals surface area contributed by atoms with Crippen molar-refractivity contribution in [3.8, 4) is 6.07 Å². The van der Waals surface area contributed by atoms with Crippen LogP contribution in [-0.2, 0) is 12.8 Å². The van der Waals surface area contributed by atoms with Crippen molar-refractivity contribution in [2.75, 3.05) is 18.0 Å². The third-order valence-electron chi connectivity index (χ3n) is 3.32. The van der Waals surface area contributed by atoms with Gasteiger partial charge in [0.15, 0.2) is 0 Å². The molecule has 0 bridgehead atoms. The van der Waals surface area contributed by atoms with E-state index in [1.54, 1.807) is 0 Å². The van der Waals surface area contributed by atoms with Gasteiger partial charge < -0.3 is 4.90 Å². The zero-order chi connectivity index (χ0) is 12.3. The van der Waals surface area contributed by atoms with Crippen LogP contribution in [0.1, 0.15) is 43.6 Å². The topological polar surface area (TPSA) is 52.8 Å². The number of hydrogen-bond acceptors (Lipinski definition) is 4. The largest absolute Gasteiger partial charge is 0.341 e. The van der Waals surface area contributed by atoms with Crippen LogP contribution in [0.5, 0.6) is 0 Å². The molecule has 17 heavy (non-hydrogen) atoms. The summed E-state index contributed by atoms with van der Waals surface area (Å²) in [6.45, 7) is 5.91. The third kappa shape index (κ3) is 2.23. The summed E-state index contributed by atoms with van der Waals surface area (Å²) in [6.07, 6.45) is 4.26. The molecule has 2 rings (SSSR count). The molecule has 1 aromatic heterocycles. The summed E-state index contributed by atoms with van der Waals surface area (Å²) in [5.41, 5.74) is 2.75.